The number of nitrogens with one attached hydrogen (secondary N) is 2. The van der Waals surface area contributed by atoms with Gasteiger partial charge in [0.2, 0.25) is 5.91 Å². The van der Waals surface area contributed by atoms with E-state index in [1.807, 2.05) is 13.8 Å². The van der Waals surface area contributed by atoms with Crippen LogP contribution in [0.25, 0.3) is 0 Å². The van der Waals surface area contributed by atoms with Crippen LogP contribution in [0, 0.1) is 5.92 Å². The number of carbonyl (C=O) groups is 3. The fourth-order valence-electron chi connectivity index (χ4n) is 4.44. The van der Waals surface area contributed by atoms with E-state index in [2.05, 4.69) is 15.7 Å². The molecule has 1 aromatic heterocycles. The number of rotatable bonds is 4. The molecule has 0 radical (unpaired) electrons. The van der Waals surface area contributed by atoms with E-state index in [4.69, 9.17) is 0 Å². The number of anilines is 1. The Morgan fingerprint density at radius 3 is 2.68 bits per heavy atom. The van der Waals surface area contributed by atoms with Crippen LogP contribution in [0.5, 0.6) is 0 Å². The van der Waals surface area contributed by atoms with E-state index in [0.29, 0.717) is 25.1 Å². The van der Waals surface area contributed by atoms with Crippen LogP contribution in [0.1, 0.15) is 50.9 Å². The maximum absolute atomic E-state index is 13.7. The summed E-state index contributed by atoms with van der Waals surface area (Å²) < 4.78 is 42.1. The van der Waals surface area contributed by atoms with Gasteiger partial charge in [0.1, 0.15) is 12.4 Å². The number of hydrogen-bond donors (Lipinski definition) is 2. The topological polar surface area (TPSA) is 99.6 Å². The monoisotopic (exact) mass is 442 g/mol. The highest BCUT2D eigenvalue weighted by Crippen LogP contribution is 2.42. The van der Waals surface area contributed by atoms with Gasteiger partial charge >= 0.3 is 12.2 Å². The van der Waals surface area contributed by atoms with Crippen molar-refractivity contribution in [3.63, 3.8) is 0 Å². The molecule has 4 amide bonds. The van der Waals surface area contributed by atoms with Gasteiger partial charge in [-0.3, -0.25) is 14.5 Å². The Hall–Kier alpha value is -2.79. The van der Waals surface area contributed by atoms with Gasteiger partial charge in [-0.2, -0.15) is 18.3 Å². The number of nitrogens with zero attached hydrogens (tertiary/aromatic N) is 4. The SMILES string of the molecule is CC(C)[C@@H]1C[C@H](C(F)(F)F)n2nc([C@H]3CCCN3C(=O)CN3C(=O)CNC3=O)cc2N1. The van der Waals surface area contributed by atoms with Gasteiger partial charge in [0.25, 0.3) is 5.91 Å². The lowest BCUT2D eigenvalue weighted by molar-refractivity contribution is -0.174. The highest BCUT2D eigenvalue weighted by molar-refractivity contribution is 6.04. The van der Waals surface area contributed by atoms with Gasteiger partial charge in [0.15, 0.2) is 6.04 Å². The number of likely N-dealkylation sites (tertiary alicyclic amines) is 1. The molecular formula is C19H25F3N6O3. The second-order valence-corrected chi connectivity index (χ2v) is 8.57. The van der Waals surface area contributed by atoms with Crippen molar-refractivity contribution < 1.29 is 27.6 Å². The van der Waals surface area contributed by atoms with Gasteiger partial charge in [-0.15, -0.1) is 0 Å². The van der Waals surface area contributed by atoms with Gasteiger partial charge < -0.3 is 15.5 Å². The van der Waals surface area contributed by atoms with E-state index in [1.54, 1.807) is 6.07 Å². The highest BCUT2D eigenvalue weighted by atomic mass is 19.4. The smallest absolute Gasteiger partial charge is 0.367 e. The molecule has 0 aromatic carbocycles. The van der Waals surface area contributed by atoms with Crippen LogP contribution in [0.2, 0.25) is 0 Å². The lowest BCUT2D eigenvalue weighted by Crippen LogP contribution is -2.43. The van der Waals surface area contributed by atoms with E-state index in [1.165, 1.54) is 4.90 Å². The Morgan fingerprint density at radius 1 is 1.32 bits per heavy atom. The molecule has 3 aliphatic rings. The van der Waals surface area contributed by atoms with E-state index in [9.17, 15) is 27.6 Å². The zero-order chi connectivity index (χ0) is 22.5. The fourth-order valence-corrected chi connectivity index (χ4v) is 4.44. The van der Waals surface area contributed by atoms with E-state index in [-0.39, 0.29) is 30.7 Å². The number of urea groups is 1. The predicted molar refractivity (Wildman–Crippen MR) is 103 cm³/mol. The lowest BCUT2D eigenvalue weighted by atomic mass is 9.94. The summed E-state index contributed by atoms with van der Waals surface area (Å²) >= 11 is 0. The second kappa shape index (κ2) is 7.72. The minimum atomic E-state index is -4.44. The molecule has 170 valence electrons. The van der Waals surface area contributed by atoms with Crippen molar-refractivity contribution in [3.05, 3.63) is 11.8 Å². The molecule has 3 atom stereocenters. The predicted octanol–water partition coefficient (Wildman–Crippen LogP) is 2.04. The molecule has 4 heterocycles. The molecule has 31 heavy (non-hydrogen) atoms. The van der Waals surface area contributed by atoms with Gasteiger partial charge in [0.05, 0.1) is 18.3 Å². The molecule has 0 spiro atoms. The maximum Gasteiger partial charge on any atom is 0.410 e. The van der Waals surface area contributed by atoms with Crippen LogP contribution in [0.4, 0.5) is 23.8 Å². The van der Waals surface area contributed by atoms with Crippen LogP contribution in [0.3, 0.4) is 0 Å². The molecule has 0 unspecified atom stereocenters. The number of aromatic nitrogens is 2. The van der Waals surface area contributed by atoms with E-state index >= 15 is 0 Å². The van der Waals surface area contributed by atoms with Gasteiger partial charge in [-0.25, -0.2) is 9.48 Å². The molecule has 0 bridgehead atoms. The van der Waals surface area contributed by atoms with E-state index < -0.39 is 42.7 Å². The number of alkyl halides is 3. The standard InChI is InChI=1S/C19H25F3N6O3/c1-10(2)11-6-14(19(20,21)22)28-15(24-11)7-12(25-28)13-4-3-5-26(13)17(30)9-27-16(29)8-23-18(27)31/h7,10-11,13-14,24H,3-6,8-9H2,1-2H3,(H,23,31)/t11-,13+,14+/m0/s1. The molecule has 9 nitrogen and oxygen atoms in total. The van der Waals surface area contributed by atoms with Gasteiger partial charge in [-0.05, 0) is 25.2 Å². The van der Waals surface area contributed by atoms with Crippen LogP contribution < -0.4 is 10.6 Å². The third-order valence-corrected chi connectivity index (χ3v) is 6.19. The first-order valence-electron chi connectivity index (χ1n) is 10.4. The van der Waals surface area contributed by atoms with Gasteiger partial charge in [-0.1, -0.05) is 13.8 Å². The molecular weight excluding hydrogens is 417 g/mol. The number of imide groups is 1. The number of halogens is 3. The number of carbonyl (C=O) groups excluding carboxylic acids is 3. The summed E-state index contributed by atoms with van der Waals surface area (Å²) in [6.45, 7) is 3.58. The van der Waals surface area contributed by atoms with Crippen molar-refractivity contribution in [2.24, 2.45) is 5.92 Å². The van der Waals surface area contributed by atoms with Crippen molar-refractivity contribution in [2.45, 2.75) is 57.4 Å². The summed E-state index contributed by atoms with van der Waals surface area (Å²) in [5, 5.41) is 9.76. The molecule has 4 rings (SSSR count). The third kappa shape index (κ3) is 3.94. The summed E-state index contributed by atoms with van der Waals surface area (Å²) in [5.74, 6) is -0.621. The largest absolute Gasteiger partial charge is 0.410 e. The molecule has 2 saturated heterocycles. The fraction of sp³-hybridized carbons (Fsp3) is 0.684. The zero-order valence-electron chi connectivity index (χ0n) is 17.3. The quantitative estimate of drug-likeness (QED) is 0.696. The Labute approximate surface area is 176 Å². The van der Waals surface area contributed by atoms with Crippen molar-refractivity contribution in [2.75, 3.05) is 25.0 Å². The highest BCUT2D eigenvalue weighted by Gasteiger charge is 2.47. The first-order valence-corrected chi connectivity index (χ1v) is 10.4. The summed E-state index contributed by atoms with van der Waals surface area (Å²) in [6, 6.07) is -1.62. The second-order valence-electron chi connectivity index (χ2n) is 8.57. The summed E-state index contributed by atoms with van der Waals surface area (Å²) in [6.07, 6.45) is -3.35. The minimum Gasteiger partial charge on any atom is -0.367 e. The molecule has 2 N–H and O–H groups in total. The van der Waals surface area contributed by atoms with Crippen LogP contribution in [0.15, 0.2) is 6.07 Å². The van der Waals surface area contributed by atoms with Crippen LogP contribution >= 0.6 is 0 Å². The van der Waals surface area contributed by atoms with Crippen molar-refractivity contribution in [1.29, 1.82) is 0 Å². The van der Waals surface area contributed by atoms with E-state index in [0.717, 1.165) is 9.58 Å². The van der Waals surface area contributed by atoms with Crippen molar-refractivity contribution in [3.8, 4) is 0 Å². The molecule has 2 fully saturated rings. The number of fused-ring (bicyclic) bond motifs is 1. The first kappa shape index (κ1) is 21.4. The molecule has 1 aromatic rings. The normalized spacial score (nSPS) is 26.3. The molecule has 3 aliphatic heterocycles. The molecule has 12 heteroatoms. The summed E-state index contributed by atoms with van der Waals surface area (Å²) in [7, 11) is 0. The zero-order valence-corrected chi connectivity index (χ0v) is 17.3. The average Bonchev–Trinajstić information content (AvgIpc) is 3.40. The summed E-state index contributed by atoms with van der Waals surface area (Å²) in [4.78, 5) is 38.7. The van der Waals surface area contributed by atoms with Crippen LogP contribution in [-0.4, -0.2) is 69.3 Å². The molecule has 0 aliphatic carbocycles. The van der Waals surface area contributed by atoms with Crippen molar-refractivity contribution in [1.82, 2.24) is 24.9 Å². The van der Waals surface area contributed by atoms with Crippen molar-refractivity contribution >= 4 is 23.7 Å². The molecule has 0 saturated carbocycles. The Morgan fingerprint density at radius 2 is 2.06 bits per heavy atom. The Balaban J connectivity index is 1.57. The summed E-state index contributed by atoms with van der Waals surface area (Å²) in [5.41, 5.74) is 0.379. The average molecular weight is 442 g/mol. The third-order valence-electron chi connectivity index (χ3n) is 6.19. The minimum absolute atomic E-state index is 0.00523. The maximum atomic E-state index is 13.7. The lowest BCUT2D eigenvalue weighted by Gasteiger charge is -2.35. The first-order chi connectivity index (χ1) is 14.6. The van der Waals surface area contributed by atoms with Crippen LogP contribution in [-0.2, 0) is 9.59 Å². The Bertz CT molecular complexity index is 883. The number of hydrogen-bond acceptors (Lipinski definition) is 5. The Kier molecular flexibility index (Phi) is 5.34. The number of amides is 4. The van der Waals surface area contributed by atoms with Gasteiger partial charge in [0, 0.05) is 18.7 Å².